The fraction of sp³-hybridized carbons (Fsp3) is 0.714. The fourth-order valence-electron chi connectivity index (χ4n) is 4.20. The summed E-state index contributed by atoms with van der Waals surface area (Å²) in [7, 11) is 0. The highest BCUT2D eigenvalue weighted by molar-refractivity contribution is 6.68. The molecule has 0 amide bonds. The van der Waals surface area contributed by atoms with Crippen LogP contribution in [0.2, 0.25) is 0 Å². The van der Waals surface area contributed by atoms with Crippen LogP contribution in [0.25, 0.3) is 0 Å². The molecule has 1 atom stereocenters. The molecule has 1 aromatic carbocycles. The molecule has 0 saturated carbocycles. The van der Waals surface area contributed by atoms with E-state index in [1.807, 2.05) is 0 Å². The van der Waals surface area contributed by atoms with Crippen LogP contribution < -0.4 is 0 Å². The molecule has 182 valence electrons. The maximum absolute atomic E-state index is 12.6. The Morgan fingerprint density at radius 2 is 1.16 bits per heavy atom. The van der Waals surface area contributed by atoms with Crippen molar-refractivity contribution < 1.29 is 14.3 Å². The highest BCUT2D eigenvalue weighted by Gasteiger charge is 2.18. The summed E-state index contributed by atoms with van der Waals surface area (Å²) in [6.07, 6.45) is 20.3. The van der Waals surface area contributed by atoms with E-state index in [-0.39, 0.29) is 11.1 Å². The van der Waals surface area contributed by atoms with Crippen LogP contribution in [0.1, 0.15) is 137 Å². The summed E-state index contributed by atoms with van der Waals surface area (Å²) in [6.45, 7) is 4.92. The Morgan fingerprint density at radius 1 is 0.719 bits per heavy atom. The number of hydrogen-bond acceptors (Lipinski definition) is 3. The minimum absolute atomic E-state index is 0.217. The molecule has 1 rings (SSSR count). The van der Waals surface area contributed by atoms with Gasteiger partial charge in [0.1, 0.15) is 0 Å². The van der Waals surface area contributed by atoms with Crippen LogP contribution in [-0.4, -0.2) is 17.8 Å². The van der Waals surface area contributed by atoms with E-state index in [2.05, 4.69) is 13.8 Å². The average molecular weight is 465 g/mol. The normalized spacial score (nSPS) is 12.0. The number of ether oxygens (including phenoxy) is 1. The molecule has 32 heavy (non-hydrogen) atoms. The molecule has 0 N–H and O–H groups in total. The van der Waals surface area contributed by atoms with E-state index >= 15 is 0 Å². The smallest absolute Gasteiger partial charge is 0.338 e. The number of hydrogen-bond donors (Lipinski definition) is 0. The molecule has 0 aliphatic heterocycles. The zero-order chi connectivity index (χ0) is 23.4. The third-order valence-electron chi connectivity index (χ3n) is 6.24. The Bertz CT molecular complexity index is 629. The maximum Gasteiger partial charge on any atom is 0.338 e. The van der Waals surface area contributed by atoms with Gasteiger partial charge in [-0.3, -0.25) is 4.79 Å². The molecule has 4 heteroatoms. The van der Waals surface area contributed by atoms with E-state index < -0.39 is 11.2 Å². The molecule has 0 saturated heterocycles. The molecule has 0 fully saturated rings. The third kappa shape index (κ3) is 13.3. The largest absolute Gasteiger partial charge is 0.462 e. The molecule has 0 heterocycles. The van der Waals surface area contributed by atoms with Crippen LogP contribution in [0.4, 0.5) is 0 Å². The van der Waals surface area contributed by atoms with Gasteiger partial charge in [0.2, 0.25) is 0 Å². The quantitative estimate of drug-likeness (QED) is 0.110. The number of carbonyl (C=O) groups excluding carboxylic acids is 2. The van der Waals surface area contributed by atoms with Crippen molar-refractivity contribution in [3.63, 3.8) is 0 Å². The first-order chi connectivity index (χ1) is 15.6. The summed E-state index contributed by atoms with van der Waals surface area (Å²) in [6, 6.07) is 6.61. The lowest BCUT2D eigenvalue weighted by atomic mass is 9.94. The van der Waals surface area contributed by atoms with E-state index in [4.69, 9.17) is 16.3 Å². The lowest BCUT2D eigenvalue weighted by molar-refractivity contribution is 0.0420. The molecule has 0 aromatic heterocycles. The summed E-state index contributed by atoms with van der Waals surface area (Å²) in [4.78, 5) is 24.2. The van der Waals surface area contributed by atoms with Gasteiger partial charge in [-0.05, 0) is 42.5 Å². The number of rotatable bonds is 20. The van der Waals surface area contributed by atoms with Crippen LogP contribution in [0, 0.1) is 5.92 Å². The van der Waals surface area contributed by atoms with Gasteiger partial charge in [-0.15, -0.1) is 0 Å². The predicted molar refractivity (Wildman–Crippen MR) is 136 cm³/mol. The topological polar surface area (TPSA) is 43.4 Å². The van der Waals surface area contributed by atoms with Crippen molar-refractivity contribution in [1.82, 2.24) is 0 Å². The Kier molecular flexibility index (Phi) is 17.2. The van der Waals surface area contributed by atoms with Gasteiger partial charge in [-0.1, -0.05) is 116 Å². The average Bonchev–Trinajstić information content (AvgIpc) is 2.80. The van der Waals surface area contributed by atoms with Gasteiger partial charge in [0.25, 0.3) is 5.24 Å². The molecule has 0 aliphatic rings. The molecule has 0 radical (unpaired) electrons. The van der Waals surface area contributed by atoms with Gasteiger partial charge in [0, 0.05) is 5.56 Å². The van der Waals surface area contributed by atoms with Gasteiger partial charge in [-0.2, -0.15) is 0 Å². The van der Waals surface area contributed by atoms with Gasteiger partial charge in [0.15, 0.2) is 0 Å². The molecular formula is C28H45ClO3. The summed E-state index contributed by atoms with van der Waals surface area (Å²) < 4.78 is 5.65. The van der Waals surface area contributed by atoms with Crippen molar-refractivity contribution in [3.05, 3.63) is 35.4 Å². The summed E-state index contributed by atoms with van der Waals surface area (Å²) >= 11 is 5.63. The number of halogens is 1. The first-order valence-electron chi connectivity index (χ1n) is 13.1. The van der Waals surface area contributed by atoms with E-state index in [0.29, 0.717) is 12.5 Å². The molecule has 0 aliphatic carbocycles. The van der Waals surface area contributed by atoms with E-state index in [1.54, 1.807) is 24.3 Å². The standard InChI is InChI=1S/C28H45ClO3/c1-3-5-7-9-11-12-14-16-20-24(19-15-13-10-8-6-4-2)23-32-28(31)26-22-18-17-21-25(26)27(29)30/h17-18,21-22,24H,3-16,19-20,23H2,1-2H3. The lowest BCUT2D eigenvalue weighted by Crippen LogP contribution is -2.16. The van der Waals surface area contributed by atoms with Crippen LogP contribution in [0.3, 0.4) is 0 Å². The minimum Gasteiger partial charge on any atom is -0.462 e. The van der Waals surface area contributed by atoms with Crippen molar-refractivity contribution in [2.75, 3.05) is 6.61 Å². The summed E-state index contributed by atoms with van der Waals surface area (Å²) in [5, 5.41) is -0.625. The van der Waals surface area contributed by atoms with Crippen LogP contribution >= 0.6 is 11.6 Å². The van der Waals surface area contributed by atoms with E-state index in [1.165, 1.54) is 89.9 Å². The third-order valence-corrected chi connectivity index (χ3v) is 6.44. The second kappa shape index (κ2) is 19.1. The van der Waals surface area contributed by atoms with Crippen molar-refractivity contribution in [2.45, 2.75) is 117 Å². The maximum atomic E-state index is 12.6. The Labute approximate surface area is 201 Å². The Balaban J connectivity index is 2.45. The Morgan fingerprint density at radius 3 is 1.62 bits per heavy atom. The highest BCUT2D eigenvalue weighted by Crippen LogP contribution is 2.21. The molecule has 1 aromatic rings. The van der Waals surface area contributed by atoms with Gasteiger partial charge in [-0.25, -0.2) is 4.79 Å². The second-order valence-corrected chi connectivity index (χ2v) is 9.45. The molecular weight excluding hydrogens is 420 g/mol. The van der Waals surface area contributed by atoms with E-state index in [9.17, 15) is 9.59 Å². The first-order valence-corrected chi connectivity index (χ1v) is 13.4. The lowest BCUT2D eigenvalue weighted by Gasteiger charge is -2.17. The Hall–Kier alpha value is -1.35. The number of unbranched alkanes of at least 4 members (excludes halogenated alkanes) is 12. The van der Waals surface area contributed by atoms with Crippen molar-refractivity contribution in [2.24, 2.45) is 5.92 Å². The SMILES string of the molecule is CCCCCCCCCCC(CCCCCCCC)COC(=O)c1ccccc1C(=O)Cl. The summed E-state index contributed by atoms with van der Waals surface area (Å²) in [5.41, 5.74) is 0.479. The minimum atomic E-state index is -0.625. The van der Waals surface area contributed by atoms with Crippen LogP contribution in [0.15, 0.2) is 24.3 Å². The molecule has 0 spiro atoms. The van der Waals surface area contributed by atoms with Gasteiger partial charge >= 0.3 is 5.97 Å². The van der Waals surface area contributed by atoms with Crippen molar-refractivity contribution in [3.8, 4) is 0 Å². The van der Waals surface area contributed by atoms with Gasteiger partial charge in [0.05, 0.1) is 12.2 Å². The fourth-order valence-corrected chi connectivity index (χ4v) is 4.36. The second-order valence-electron chi connectivity index (χ2n) is 9.10. The monoisotopic (exact) mass is 464 g/mol. The van der Waals surface area contributed by atoms with E-state index in [0.717, 1.165) is 12.8 Å². The van der Waals surface area contributed by atoms with Crippen LogP contribution in [-0.2, 0) is 4.74 Å². The first kappa shape index (κ1) is 28.7. The zero-order valence-corrected chi connectivity index (χ0v) is 21.3. The van der Waals surface area contributed by atoms with Crippen molar-refractivity contribution in [1.29, 1.82) is 0 Å². The predicted octanol–water partition coefficient (Wildman–Crippen LogP) is 9.12. The number of esters is 1. The molecule has 1 unspecified atom stereocenters. The zero-order valence-electron chi connectivity index (χ0n) is 20.5. The molecule has 3 nitrogen and oxygen atoms in total. The number of carbonyl (C=O) groups is 2. The number of benzene rings is 1. The highest BCUT2D eigenvalue weighted by atomic mass is 35.5. The van der Waals surface area contributed by atoms with Gasteiger partial charge < -0.3 is 4.74 Å². The summed E-state index contributed by atoms with van der Waals surface area (Å²) in [5.74, 6) is -0.0532. The van der Waals surface area contributed by atoms with Crippen molar-refractivity contribution >= 4 is 22.8 Å². The molecule has 0 bridgehead atoms. The van der Waals surface area contributed by atoms with Crippen LogP contribution in [0.5, 0.6) is 0 Å².